The molecule has 2 aromatic rings. The number of carboxylic acids is 1. The third-order valence-electron chi connectivity index (χ3n) is 3.98. The van der Waals surface area contributed by atoms with Crippen LogP contribution in [0, 0.1) is 0 Å². The van der Waals surface area contributed by atoms with Crippen LogP contribution in [0.4, 0.5) is 0 Å². The summed E-state index contributed by atoms with van der Waals surface area (Å²) in [6, 6.07) is 7.25. The third kappa shape index (κ3) is 2.43. The highest BCUT2D eigenvalue weighted by molar-refractivity contribution is 5.93. The van der Waals surface area contributed by atoms with Crippen LogP contribution in [-0.2, 0) is 11.3 Å². The fraction of sp³-hybridized carbons (Fsp3) is 0.438. The number of hydrogen-bond acceptors (Lipinski definition) is 2. The third-order valence-corrected chi connectivity index (χ3v) is 3.98. The maximum Gasteiger partial charge on any atom is 0.335 e. The van der Waals surface area contributed by atoms with Crippen molar-refractivity contribution in [3.8, 4) is 0 Å². The van der Waals surface area contributed by atoms with E-state index in [4.69, 9.17) is 9.84 Å². The molecule has 0 spiro atoms. The normalized spacial score (nSPS) is 21.4. The lowest BCUT2D eigenvalue weighted by Crippen LogP contribution is -2.22. The molecule has 1 aliphatic heterocycles. The topological polar surface area (TPSA) is 51.5 Å². The van der Waals surface area contributed by atoms with Gasteiger partial charge < -0.3 is 14.4 Å². The zero-order valence-electron chi connectivity index (χ0n) is 11.8. The molecule has 4 heteroatoms. The first-order chi connectivity index (χ1) is 9.44. The van der Waals surface area contributed by atoms with Crippen LogP contribution >= 0.6 is 0 Å². The van der Waals surface area contributed by atoms with E-state index in [9.17, 15) is 4.79 Å². The Labute approximate surface area is 118 Å². The Bertz CT molecular complexity index is 657. The molecule has 2 heterocycles. The summed E-state index contributed by atoms with van der Waals surface area (Å²) in [7, 11) is 0. The Morgan fingerprint density at radius 1 is 1.45 bits per heavy atom. The van der Waals surface area contributed by atoms with Crippen LogP contribution < -0.4 is 0 Å². The summed E-state index contributed by atoms with van der Waals surface area (Å²) in [6.45, 7) is 5.00. The summed E-state index contributed by atoms with van der Waals surface area (Å²) in [5.41, 5.74) is 1.24. The Balaban J connectivity index is 1.88. The van der Waals surface area contributed by atoms with Crippen LogP contribution in [-0.4, -0.2) is 27.3 Å². The first-order valence-corrected chi connectivity index (χ1v) is 6.95. The number of ether oxygens (including phenoxy) is 1. The molecular weight excluding hydrogens is 254 g/mol. The highest BCUT2D eigenvalue weighted by Gasteiger charge is 2.31. The first-order valence-electron chi connectivity index (χ1n) is 6.95. The van der Waals surface area contributed by atoms with Crippen LogP contribution in [0.25, 0.3) is 10.9 Å². The molecule has 20 heavy (non-hydrogen) atoms. The summed E-state index contributed by atoms with van der Waals surface area (Å²) in [6.07, 6.45) is 4.32. The van der Waals surface area contributed by atoms with Crippen LogP contribution in [0.15, 0.2) is 30.5 Å². The fourth-order valence-corrected chi connectivity index (χ4v) is 2.90. The molecule has 4 nitrogen and oxygen atoms in total. The summed E-state index contributed by atoms with van der Waals surface area (Å²) < 4.78 is 8.10. The SMILES string of the molecule is CC1(C)CCC(Cn2ccc3ccc(C(=O)O)cc32)O1. The molecule has 1 N–H and O–H groups in total. The lowest BCUT2D eigenvalue weighted by molar-refractivity contribution is -0.0212. The Morgan fingerprint density at radius 2 is 2.25 bits per heavy atom. The lowest BCUT2D eigenvalue weighted by Gasteiger charge is -2.20. The molecule has 0 bridgehead atoms. The Hall–Kier alpha value is -1.81. The van der Waals surface area contributed by atoms with Gasteiger partial charge in [0.15, 0.2) is 0 Å². The van der Waals surface area contributed by atoms with Gasteiger partial charge in [-0.2, -0.15) is 0 Å². The molecule has 3 rings (SSSR count). The molecule has 0 aliphatic carbocycles. The molecule has 1 aromatic carbocycles. The second kappa shape index (κ2) is 4.63. The monoisotopic (exact) mass is 273 g/mol. The number of fused-ring (bicyclic) bond motifs is 1. The van der Waals surface area contributed by atoms with Gasteiger partial charge >= 0.3 is 5.97 Å². The molecule has 1 aliphatic rings. The van der Waals surface area contributed by atoms with Gasteiger partial charge in [-0.1, -0.05) is 6.07 Å². The van der Waals surface area contributed by atoms with Crippen molar-refractivity contribution in [1.29, 1.82) is 0 Å². The van der Waals surface area contributed by atoms with Crippen molar-refractivity contribution in [2.75, 3.05) is 0 Å². The van der Waals surface area contributed by atoms with Crippen molar-refractivity contribution < 1.29 is 14.6 Å². The molecular formula is C16H19NO3. The minimum Gasteiger partial charge on any atom is -0.478 e. The van der Waals surface area contributed by atoms with Crippen molar-refractivity contribution in [1.82, 2.24) is 4.57 Å². The largest absolute Gasteiger partial charge is 0.478 e. The molecule has 0 radical (unpaired) electrons. The Kier molecular flexibility index (Phi) is 3.05. The van der Waals surface area contributed by atoms with Gasteiger partial charge in [-0.05, 0) is 50.3 Å². The van der Waals surface area contributed by atoms with Gasteiger partial charge in [-0.25, -0.2) is 4.79 Å². The van der Waals surface area contributed by atoms with Crippen LogP contribution in [0.1, 0.15) is 37.0 Å². The van der Waals surface area contributed by atoms with Crippen molar-refractivity contribution in [3.05, 3.63) is 36.0 Å². The van der Waals surface area contributed by atoms with E-state index >= 15 is 0 Å². The first kappa shape index (κ1) is 13.2. The van der Waals surface area contributed by atoms with Gasteiger partial charge in [0, 0.05) is 18.3 Å². The van der Waals surface area contributed by atoms with Gasteiger partial charge in [0.2, 0.25) is 0 Å². The van der Waals surface area contributed by atoms with Gasteiger partial charge in [0.05, 0.1) is 17.3 Å². The van der Waals surface area contributed by atoms with E-state index in [2.05, 4.69) is 18.4 Å². The number of carboxylic acid groups (broad SMARTS) is 1. The predicted octanol–water partition coefficient (Wildman–Crippen LogP) is 3.30. The second-order valence-electron chi connectivity index (χ2n) is 6.09. The van der Waals surface area contributed by atoms with Crippen molar-refractivity contribution in [2.24, 2.45) is 0 Å². The van der Waals surface area contributed by atoms with Crippen molar-refractivity contribution >= 4 is 16.9 Å². The van der Waals surface area contributed by atoms with E-state index in [1.54, 1.807) is 12.1 Å². The number of hydrogen-bond donors (Lipinski definition) is 1. The van der Waals surface area contributed by atoms with Gasteiger partial charge in [-0.3, -0.25) is 0 Å². The average molecular weight is 273 g/mol. The molecule has 1 atom stereocenters. The van der Waals surface area contributed by atoms with Crippen LogP contribution in [0.2, 0.25) is 0 Å². The van der Waals surface area contributed by atoms with Crippen molar-refractivity contribution in [2.45, 2.75) is 44.9 Å². The average Bonchev–Trinajstić information content (AvgIpc) is 2.93. The van der Waals surface area contributed by atoms with Gasteiger partial charge in [-0.15, -0.1) is 0 Å². The minimum absolute atomic E-state index is 0.0418. The number of carbonyl (C=O) groups is 1. The molecule has 1 saturated heterocycles. The zero-order chi connectivity index (χ0) is 14.3. The maximum absolute atomic E-state index is 11.1. The number of aromatic carboxylic acids is 1. The number of rotatable bonds is 3. The molecule has 0 amide bonds. The maximum atomic E-state index is 11.1. The van der Waals surface area contributed by atoms with E-state index < -0.39 is 5.97 Å². The molecule has 1 fully saturated rings. The summed E-state index contributed by atoms with van der Waals surface area (Å²) in [5, 5.41) is 10.2. The Morgan fingerprint density at radius 3 is 2.90 bits per heavy atom. The van der Waals surface area contributed by atoms with Gasteiger partial charge in [0.25, 0.3) is 0 Å². The lowest BCUT2D eigenvalue weighted by atomic mass is 10.1. The van der Waals surface area contributed by atoms with Gasteiger partial charge in [0.1, 0.15) is 0 Å². The summed E-state index contributed by atoms with van der Waals surface area (Å²) >= 11 is 0. The van der Waals surface area contributed by atoms with E-state index in [-0.39, 0.29) is 11.7 Å². The number of aromatic nitrogens is 1. The highest BCUT2D eigenvalue weighted by atomic mass is 16.5. The van der Waals surface area contributed by atoms with E-state index in [1.165, 1.54) is 0 Å². The standard InChI is InChI=1S/C16H19NO3/c1-16(2)7-5-13(20-16)10-17-8-6-11-3-4-12(15(18)19)9-14(11)17/h3-4,6,8-9,13H,5,7,10H2,1-2H3,(H,18,19). The van der Waals surface area contributed by atoms with E-state index in [0.717, 1.165) is 30.3 Å². The second-order valence-corrected chi connectivity index (χ2v) is 6.09. The van der Waals surface area contributed by atoms with Crippen LogP contribution in [0.5, 0.6) is 0 Å². The smallest absolute Gasteiger partial charge is 0.335 e. The number of nitrogens with zero attached hydrogens (tertiary/aromatic N) is 1. The zero-order valence-corrected chi connectivity index (χ0v) is 11.8. The number of benzene rings is 1. The molecule has 0 saturated carbocycles. The summed E-state index contributed by atoms with van der Waals surface area (Å²) in [5.74, 6) is -0.891. The quantitative estimate of drug-likeness (QED) is 0.933. The van der Waals surface area contributed by atoms with Crippen molar-refractivity contribution in [3.63, 3.8) is 0 Å². The predicted molar refractivity (Wildman–Crippen MR) is 77.1 cm³/mol. The molecule has 1 unspecified atom stereocenters. The molecule has 106 valence electrons. The van der Waals surface area contributed by atoms with Crippen LogP contribution in [0.3, 0.4) is 0 Å². The minimum atomic E-state index is -0.891. The fourth-order valence-electron chi connectivity index (χ4n) is 2.90. The van der Waals surface area contributed by atoms with E-state index in [1.807, 2.05) is 18.3 Å². The summed E-state index contributed by atoms with van der Waals surface area (Å²) in [4.78, 5) is 11.1. The molecule has 1 aromatic heterocycles. The van der Waals surface area contributed by atoms with E-state index in [0.29, 0.717) is 5.56 Å². The highest BCUT2D eigenvalue weighted by Crippen LogP contribution is 2.31.